The van der Waals surface area contributed by atoms with Gasteiger partial charge in [-0.2, -0.15) is 0 Å². The number of carbonyl (C=O) groups excluding carboxylic acids is 1. The van der Waals surface area contributed by atoms with Gasteiger partial charge in [0.2, 0.25) is 0 Å². The molecule has 126 valence electrons. The number of amides is 1. The van der Waals surface area contributed by atoms with E-state index >= 15 is 0 Å². The lowest BCUT2D eigenvalue weighted by Gasteiger charge is -2.52. The summed E-state index contributed by atoms with van der Waals surface area (Å²) in [7, 11) is 0. The number of hydrogen-bond acceptors (Lipinski definition) is 3. The second-order valence-electron chi connectivity index (χ2n) is 7.58. The molecular formula is C19H21FN2OS. The van der Waals surface area contributed by atoms with E-state index in [1.165, 1.54) is 56.2 Å². The van der Waals surface area contributed by atoms with Crippen LogP contribution in [-0.2, 0) is 0 Å². The second-order valence-corrected chi connectivity index (χ2v) is 8.63. The van der Waals surface area contributed by atoms with Crippen molar-refractivity contribution in [3.05, 3.63) is 34.5 Å². The van der Waals surface area contributed by atoms with E-state index in [1.807, 2.05) is 6.07 Å². The van der Waals surface area contributed by atoms with Gasteiger partial charge in [0.15, 0.2) is 0 Å². The molecule has 4 heterocycles. The first-order valence-corrected chi connectivity index (χ1v) is 9.65. The molecule has 24 heavy (non-hydrogen) atoms. The van der Waals surface area contributed by atoms with Crippen LogP contribution >= 0.6 is 11.3 Å². The maximum absolute atomic E-state index is 13.7. The highest BCUT2D eigenvalue weighted by Gasteiger charge is 2.60. The minimum atomic E-state index is -0.203. The second kappa shape index (κ2) is 5.02. The Hall–Kier alpha value is -1.46. The van der Waals surface area contributed by atoms with Crippen molar-refractivity contribution in [2.75, 3.05) is 13.1 Å². The number of nitrogens with zero attached hydrogens (tertiary/aromatic N) is 1. The molecule has 2 bridgehead atoms. The molecule has 0 unspecified atom stereocenters. The lowest BCUT2D eigenvalue weighted by Crippen LogP contribution is -2.65. The van der Waals surface area contributed by atoms with Gasteiger partial charge in [-0.05, 0) is 69.1 Å². The highest BCUT2D eigenvalue weighted by atomic mass is 32.1. The van der Waals surface area contributed by atoms with Gasteiger partial charge in [0.25, 0.3) is 5.91 Å². The number of carbonyl (C=O) groups is 1. The molecule has 3 nitrogen and oxygen atoms in total. The Bertz CT molecular complexity index is 833. The van der Waals surface area contributed by atoms with E-state index in [9.17, 15) is 9.18 Å². The number of thiophene rings is 1. The first-order chi connectivity index (χ1) is 11.6. The molecule has 1 aliphatic carbocycles. The monoisotopic (exact) mass is 344 g/mol. The average Bonchev–Trinajstić information content (AvgIpc) is 3.24. The summed E-state index contributed by atoms with van der Waals surface area (Å²) >= 11 is 1.41. The van der Waals surface area contributed by atoms with E-state index in [0.717, 1.165) is 10.1 Å². The van der Waals surface area contributed by atoms with E-state index in [1.54, 1.807) is 13.0 Å². The summed E-state index contributed by atoms with van der Waals surface area (Å²) < 4.78 is 14.6. The predicted octanol–water partition coefficient (Wildman–Crippen LogP) is 3.71. The van der Waals surface area contributed by atoms with Crippen LogP contribution in [0, 0.1) is 18.7 Å². The summed E-state index contributed by atoms with van der Waals surface area (Å²) in [6.45, 7) is 4.17. The van der Waals surface area contributed by atoms with E-state index in [0.29, 0.717) is 16.4 Å². The first-order valence-electron chi connectivity index (χ1n) is 8.83. The van der Waals surface area contributed by atoms with Crippen LogP contribution in [-0.4, -0.2) is 35.5 Å². The summed E-state index contributed by atoms with van der Waals surface area (Å²) in [5.41, 5.74) is 0.883. The molecule has 5 heteroatoms. The van der Waals surface area contributed by atoms with E-state index in [4.69, 9.17) is 0 Å². The topological polar surface area (TPSA) is 32.3 Å². The van der Waals surface area contributed by atoms with Crippen LogP contribution in [0.1, 0.15) is 40.9 Å². The van der Waals surface area contributed by atoms with Gasteiger partial charge in [0, 0.05) is 15.8 Å². The number of rotatable bonds is 2. The highest BCUT2D eigenvalue weighted by molar-refractivity contribution is 7.21. The van der Waals surface area contributed by atoms with Gasteiger partial charge in [0.1, 0.15) is 5.82 Å². The number of halogens is 1. The lowest BCUT2D eigenvalue weighted by molar-refractivity contribution is -0.00138. The van der Waals surface area contributed by atoms with Gasteiger partial charge in [-0.15, -0.1) is 11.3 Å². The van der Waals surface area contributed by atoms with Crippen LogP contribution in [0.3, 0.4) is 0 Å². The number of nitrogens with one attached hydrogen (secondary N) is 1. The smallest absolute Gasteiger partial charge is 0.261 e. The Labute approximate surface area is 144 Å². The average molecular weight is 344 g/mol. The maximum Gasteiger partial charge on any atom is 0.261 e. The molecule has 0 radical (unpaired) electrons. The van der Waals surface area contributed by atoms with Crippen LogP contribution in [0.5, 0.6) is 0 Å². The van der Waals surface area contributed by atoms with Crippen LogP contribution in [0.4, 0.5) is 4.39 Å². The lowest BCUT2D eigenvalue weighted by atomic mass is 9.77. The molecule has 1 atom stereocenters. The van der Waals surface area contributed by atoms with Gasteiger partial charge in [-0.1, -0.05) is 6.07 Å². The summed E-state index contributed by atoms with van der Waals surface area (Å²) in [6.07, 6.45) is 4.82. The molecular weight excluding hydrogens is 323 g/mol. The molecule has 1 aromatic heterocycles. The van der Waals surface area contributed by atoms with Crippen molar-refractivity contribution in [3.63, 3.8) is 0 Å². The van der Waals surface area contributed by atoms with E-state index in [-0.39, 0.29) is 23.3 Å². The number of piperidine rings is 3. The molecule has 1 saturated carbocycles. The highest BCUT2D eigenvalue weighted by Crippen LogP contribution is 2.53. The standard InChI is InChI=1S/C19H21FN2OS/c1-11-14(20)3-2-13-10-15(24-16(11)13)18(23)21-17-12-4-8-22(9-5-12)19(17)6-7-19/h2-3,10,12,17H,4-9H2,1H3,(H,21,23)/t17-/m1/s1. The van der Waals surface area contributed by atoms with Gasteiger partial charge in [0.05, 0.1) is 10.9 Å². The Morgan fingerprint density at radius 3 is 2.79 bits per heavy atom. The quantitative estimate of drug-likeness (QED) is 0.901. The summed E-state index contributed by atoms with van der Waals surface area (Å²) in [5.74, 6) is 0.432. The zero-order valence-electron chi connectivity index (χ0n) is 13.8. The van der Waals surface area contributed by atoms with E-state index < -0.39 is 0 Å². The van der Waals surface area contributed by atoms with Crippen molar-refractivity contribution in [1.82, 2.24) is 10.2 Å². The van der Waals surface area contributed by atoms with Crippen molar-refractivity contribution in [2.24, 2.45) is 5.92 Å². The molecule has 3 saturated heterocycles. The summed E-state index contributed by atoms with van der Waals surface area (Å²) in [4.78, 5) is 16.2. The fourth-order valence-electron chi connectivity index (χ4n) is 4.86. The number of aryl methyl sites for hydroxylation is 1. The largest absolute Gasteiger partial charge is 0.346 e. The molecule has 2 aromatic rings. The predicted molar refractivity (Wildman–Crippen MR) is 94.0 cm³/mol. The third-order valence-corrected chi connectivity index (χ3v) is 7.63. The fraction of sp³-hybridized carbons (Fsp3) is 0.526. The molecule has 1 spiro atoms. The van der Waals surface area contributed by atoms with Crippen molar-refractivity contribution in [3.8, 4) is 0 Å². The minimum Gasteiger partial charge on any atom is -0.346 e. The third-order valence-electron chi connectivity index (χ3n) is 6.36. The van der Waals surface area contributed by atoms with Gasteiger partial charge in [-0.25, -0.2) is 4.39 Å². The van der Waals surface area contributed by atoms with Crippen LogP contribution < -0.4 is 5.32 Å². The SMILES string of the molecule is Cc1c(F)ccc2cc(C(=O)N[C@@H]3C4CCN(CC4)C34CC4)sc12. The minimum absolute atomic E-state index is 0.0148. The van der Waals surface area contributed by atoms with Gasteiger partial charge >= 0.3 is 0 Å². The molecule has 4 aliphatic rings. The Morgan fingerprint density at radius 2 is 2.08 bits per heavy atom. The van der Waals surface area contributed by atoms with Crippen LogP contribution in [0.2, 0.25) is 0 Å². The summed E-state index contributed by atoms with van der Waals surface area (Å²) in [5, 5.41) is 4.31. The summed E-state index contributed by atoms with van der Waals surface area (Å²) in [6, 6.07) is 5.44. The molecule has 1 N–H and O–H groups in total. The zero-order chi connectivity index (χ0) is 16.5. The normalized spacial score (nSPS) is 30.0. The molecule has 3 aliphatic heterocycles. The van der Waals surface area contributed by atoms with Gasteiger partial charge < -0.3 is 5.32 Å². The first kappa shape index (κ1) is 14.8. The molecule has 1 aromatic carbocycles. The number of benzene rings is 1. The van der Waals surface area contributed by atoms with Crippen molar-refractivity contribution < 1.29 is 9.18 Å². The van der Waals surface area contributed by atoms with Crippen molar-refractivity contribution >= 4 is 27.3 Å². The number of hydrogen-bond donors (Lipinski definition) is 1. The van der Waals surface area contributed by atoms with E-state index in [2.05, 4.69) is 10.2 Å². The zero-order valence-corrected chi connectivity index (χ0v) is 14.6. The Kier molecular flexibility index (Phi) is 3.11. The fourth-order valence-corrected chi connectivity index (χ4v) is 5.92. The molecule has 4 fully saturated rings. The Balaban J connectivity index is 1.44. The molecule has 1 amide bonds. The van der Waals surface area contributed by atoms with Gasteiger partial charge in [-0.3, -0.25) is 9.69 Å². The van der Waals surface area contributed by atoms with Crippen molar-refractivity contribution in [2.45, 2.75) is 44.2 Å². The third kappa shape index (κ3) is 2.01. The molecule has 6 rings (SSSR count). The van der Waals surface area contributed by atoms with Crippen LogP contribution in [0.25, 0.3) is 10.1 Å². The Morgan fingerprint density at radius 1 is 1.33 bits per heavy atom. The number of fused-ring (bicyclic) bond motifs is 3. The van der Waals surface area contributed by atoms with Crippen molar-refractivity contribution in [1.29, 1.82) is 0 Å². The van der Waals surface area contributed by atoms with Crippen LogP contribution in [0.15, 0.2) is 18.2 Å². The maximum atomic E-state index is 13.7.